The Kier molecular flexibility index (Phi) is 2.65. The Morgan fingerprint density at radius 2 is 1.94 bits per heavy atom. The van der Waals surface area contributed by atoms with Gasteiger partial charge in [0.1, 0.15) is 0 Å². The summed E-state index contributed by atoms with van der Waals surface area (Å²) >= 11 is 0. The number of hydrogen-bond acceptors (Lipinski definition) is 2. The molecule has 0 radical (unpaired) electrons. The number of aliphatic carboxylic acids is 1. The molecule has 0 unspecified atom stereocenters. The molecule has 0 aliphatic carbocycles. The fraction of sp³-hybridized carbons (Fsp3) is 0.385. The van der Waals surface area contributed by atoms with Gasteiger partial charge in [-0.2, -0.15) is 0 Å². The first-order valence-electron chi connectivity index (χ1n) is 5.55. The summed E-state index contributed by atoms with van der Waals surface area (Å²) in [6.07, 6.45) is 0.0667. The zero-order valence-electron chi connectivity index (χ0n) is 9.88. The van der Waals surface area contributed by atoms with Crippen molar-refractivity contribution in [3.05, 3.63) is 30.3 Å². The largest absolute Gasteiger partial charge is 0.481 e. The lowest BCUT2D eigenvalue weighted by Gasteiger charge is -2.34. The standard InChI is InChI=1S/C13H15NO3/c1-13(2)10(12(16)17)8-11(15)14(13)9-6-4-3-5-7-9/h3-7,10H,8H2,1-2H3,(H,16,17)/t10-/m1/s1. The highest BCUT2D eigenvalue weighted by atomic mass is 16.4. The first kappa shape index (κ1) is 11.6. The summed E-state index contributed by atoms with van der Waals surface area (Å²) in [6, 6.07) is 9.19. The van der Waals surface area contributed by atoms with Gasteiger partial charge in [-0.3, -0.25) is 9.59 Å². The van der Waals surface area contributed by atoms with Gasteiger partial charge in [-0.25, -0.2) is 0 Å². The van der Waals surface area contributed by atoms with Gasteiger partial charge in [-0.05, 0) is 26.0 Å². The van der Waals surface area contributed by atoms with Gasteiger partial charge in [-0.15, -0.1) is 0 Å². The Labute approximate surface area is 99.9 Å². The van der Waals surface area contributed by atoms with Gasteiger partial charge >= 0.3 is 5.97 Å². The third-order valence-electron chi connectivity index (χ3n) is 3.37. The van der Waals surface area contributed by atoms with Crippen molar-refractivity contribution in [2.24, 2.45) is 5.92 Å². The smallest absolute Gasteiger partial charge is 0.309 e. The van der Waals surface area contributed by atoms with Crippen LogP contribution in [0, 0.1) is 5.92 Å². The van der Waals surface area contributed by atoms with Crippen molar-refractivity contribution in [3.8, 4) is 0 Å². The lowest BCUT2D eigenvalue weighted by Crippen LogP contribution is -2.46. The lowest BCUT2D eigenvalue weighted by molar-refractivity contribution is -0.143. The van der Waals surface area contributed by atoms with E-state index in [0.29, 0.717) is 0 Å². The number of carbonyl (C=O) groups is 2. The molecule has 90 valence electrons. The van der Waals surface area contributed by atoms with E-state index in [4.69, 9.17) is 5.11 Å². The lowest BCUT2D eigenvalue weighted by atomic mass is 9.88. The molecule has 1 aromatic rings. The number of anilines is 1. The average Bonchev–Trinajstić information content (AvgIpc) is 2.50. The molecule has 1 aromatic carbocycles. The molecule has 1 N–H and O–H groups in total. The number of rotatable bonds is 2. The molecule has 0 bridgehead atoms. The number of carboxylic acid groups (broad SMARTS) is 1. The Morgan fingerprint density at radius 3 is 2.41 bits per heavy atom. The van der Waals surface area contributed by atoms with Crippen LogP contribution >= 0.6 is 0 Å². The summed E-state index contributed by atoms with van der Waals surface area (Å²) in [5, 5.41) is 9.15. The Balaban J connectivity index is 2.42. The zero-order chi connectivity index (χ0) is 12.6. The summed E-state index contributed by atoms with van der Waals surface area (Å²) in [6.45, 7) is 3.59. The predicted molar refractivity (Wildman–Crippen MR) is 63.7 cm³/mol. The molecule has 1 aliphatic heterocycles. The highest BCUT2D eigenvalue weighted by molar-refractivity contribution is 6.01. The monoisotopic (exact) mass is 233 g/mol. The second-order valence-corrected chi connectivity index (χ2v) is 4.81. The van der Waals surface area contributed by atoms with Crippen LogP contribution in [0.4, 0.5) is 5.69 Å². The van der Waals surface area contributed by atoms with E-state index >= 15 is 0 Å². The summed E-state index contributed by atoms with van der Waals surface area (Å²) < 4.78 is 0. The topological polar surface area (TPSA) is 57.6 Å². The second kappa shape index (κ2) is 3.87. The third kappa shape index (κ3) is 1.79. The molecule has 17 heavy (non-hydrogen) atoms. The quantitative estimate of drug-likeness (QED) is 0.848. The van der Waals surface area contributed by atoms with Gasteiger partial charge in [0, 0.05) is 12.1 Å². The minimum Gasteiger partial charge on any atom is -0.481 e. The molecule has 1 heterocycles. The molecule has 1 fully saturated rings. The summed E-state index contributed by atoms with van der Waals surface area (Å²) in [7, 11) is 0. The number of para-hydroxylation sites is 1. The van der Waals surface area contributed by atoms with E-state index in [1.165, 1.54) is 0 Å². The summed E-state index contributed by atoms with van der Waals surface area (Å²) in [4.78, 5) is 24.7. The van der Waals surface area contributed by atoms with Crippen LogP contribution in [0.5, 0.6) is 0 Å². The number of nitrogens with zero attached hydrogens (tertiary/aromatic N) is 1. The normalized spacial score (nSPS) is 22.8. The molecule has 0 saturated carbocycles. The van der Waals surface area contributed by atoms with Crippen LogP contribution in [0.3, 0.4) is 0 Å². The van der Waals surface area contributed by atoms with Gasteiger partial charge in [0.25, 0.3) is 0 Å². The first-order chi connectivity index (χ1) is 7.94. The van der Waals surface area contributed by atoms with Crippen LogP contribution in [0.15, 0.2) is 30.3 Å². The predicted octanol–water partition coefficient (Wildman–Crippen LogP) is 1.90. The van der Waals surface area contributed by atoms with Gasteiger partial charge in [0.15, 0.2) is 0 Å². The molecule has 4 heteroatoms. The molecule has 1 aliphatic rings. The van der Waals surface area contributed by atoms with Crippen molar-refractivity contribution < 1.29 is 14.7 Å². The van der Waals surface area contributed by atoms with Gasteiger partial charge in [-0.1, -0.05) is 18.2 Å². The van der Waals surface area contributed by atoms with Gasteiger partial charge in [0.2, 0.25) is 5.91 Å². The maximum Gasteiger partial charge on any atom is 0.309 e. The number of amides is 1. The third-order valence-corrected chi connectivity index (χ3v) is 3.37. The fourth-order valence-corrected chi connectivity index (χ4v) is 2.44. The highest BCUT2D eigenvalue weighted by Crippen LogP contribution is 2.39. The Hall–Kier alpha value is -1.84. The molecule has 0 spiro atoms. The Morgan fingerprint density at radius 1 is 1.35 bits per heavy atom. The number of carbonyl (C=O) groups excluding carboxylic acids is 1. The molecular formula is C13H15NO3. The van der Waals surface area contributed by atoms with E-state index in [9.17, 15) is 9.59 Å². The van der Waals surface area contributed by atoms with Crippen molar-refractivity contribution in [3.63, 3.8) is 0 Å². The zero-order valence-corrected chi connectivity index (χ0v) is 9.88. The van der Waals surface area contributed by atoms with E-state index in [2.05, 4.69) is 0 Å². The van der Waals surface area contributed by atoms with Gasteiger partial charge < -0.3 is 10.0 Å². The van der Waals surface area contributed by atoms with E-state index in [1.807, 2.05) is 30.3 Å². The molecule has 1 amide bonds. The van der Waals surface area contributed by atoms with Crippen molar-refractivity contribution in [1.29, 1.82) is 0 Å². The number of hydrogen-bond donors (Lipinski definition) is 1. The van der Waals surface area contributed by atoms with Gasteiger partial charge in [0.05, 0.1) is 11.5 Å². The molecule has 0 aromatic heterocycles. The SMILES string of the molecule is CC1(C)[C@@H](C(=O)O)CC(=O)N1c1ccccc1. The van der Waals surface area contributed by atoms with Crippen LogP contribution < -0.4 is 4.90 Å². The van der Waals surface area contributed by atoms with E-state index in [0.717, 1.165) is 5.69 Å². The van der Waals surface area contributed by atoms with Crippen molar-refractivity contribution in [2.75, 3.05) is 4.90 Å². The van der Waals surface area contributed by atoms with E-state index in [1.54, 1.807) is 18.7 Å². The van der Waals surface area contributed by atoms with Crippen molar-refractivity contribution >= 4 is 17.6 Å². The van der Waals surface area contributed by atoms with Crippen LogP contribution in [-0.2, 0) is 9.59 Å². The molecule has 4 nitrogen and oxygen atoms in total. The molecular weight excluding hydrogens is 218 g/mol. The van der Waals surface area contributed by atoms with Crippen molar-refractivity contribution in [1.82, 2.24) is 0 Å². The average molecular weight is 233 g/mol. The first-order valence-corrected chi connectivity index (χ1v) is 5.55. The maximum atomic E-state index is 12.0. The van der Waals surface area contributed by atoms with Crippen LogP contribution in [0.1, 0.15) is 20.3 Å². The van der Waals surface area contributed by atoms with Crippen LogP contribution in [0.2, 0.25) is 0 Å². The van der Waals surface area contributed by atoms with Crippen LogP contribution in [0.25, 0.3) is 0 Å². The Bertz CT molecular complexity index is 453. The summed E-state index contributed by atoms with van der Waals surface area (Å²) in [5.41, 5.74) is 0.0656. The van der Waals surface area contributed by atoms with E-state index < -0.39 is 17.4 Å². The minimum atomic E-state index is -0.915. The second-order valence-electron chi connectivity index (χ2n) is 4.81. The van der Waals surface area contributed by atoms with Crippen LogP contribution in [-0.4, -0.2) is 22.5 Å². The molecule has 2 rings (SSSR count). The number of benzene rings is 1. The minimum absolute atomic E-state index is 0.0667. The summed E-state index contributed by atoms with van der Waals surface area (Å²) in [5.74, 6) is -1.70. The molecule has 1 atom stereocenters. The van der Waals surface area contributed by atoms with E-state index in [-0.39, 0.29) is 12.3 Å². The van der Waals surface area contributed by atoms with Crippen molar-refractivity contribution in [2.45, 2.75) is 25.8 Å². The fourth-order valence-electron chi connectivity index (χ4n) is 2.44. The highest BCUT2D eigenvalue weighted by Gasteiger charge is 2.50. The molecule has 1 saturated heterocycles. The maximum absolute atomic E-state index is 12.0. The number of carboxylic acids is 1.